The summed E-state index contributed by atoms with van der Waals surface area (Å²) in [5.74, 6) is 0. The molecule has 0 amide bonds. The Morgan fingerprint density at radius 3 is 0.941 bits per heavy atom. The van der Waals surface area contributed by atoms with Crippen molar-refractivity contribution in [3.05, 3.63) is 0 Å². The summed E-state index contributed by atoms with van der Waals surface area (Å²) in [4.78, 5) is 0. The largest absolute Gasteiger partial charge is 0.229 e. The molecule has 0 aliphatic rings. The van der Waals surface area contributed by atoms with Crippen LogP contribution in [0, 0.1) is 0 Å². The van der Waals surface area contributed by atoms with Crippen molar-refractivity contribution in [2.24, 2.45) is 0 Å². The third-order valence-electron chi connectivity index (χ3n) is 2.46. The second-order valence-corrected chi connectivity index (χ2v) is 7.26. The van der Waals surface area contributed by atoms with Crippen LogP contribution in [0.15, 0.2) is 0 Å². The summed E-state index contributed by atoms with van der Waals surface area (Å²) in [7, 11) is -2.67. The van der Waals surface area contributed by atoms with Crippen LogP contribution in [0.4, 0.5) is 0 Å². The molecule has 0 saturated carbocycles. The summed E-state index contributed by atoms with van der Waals surface area (Å²) in [6, 6.07) is 0. The molecule has 0 heterocycles. The van der Waals surface area contributed by atoms with Crippen LogP contribution in [0.1, 0.15) is 78.1 Å². The Bertz CT molecular complexity index is 202. The third kappa shape index (κ3) is 38.7. The fourth-order valence-electron chi connectivity index (χ4n) is 1.56. The molecule has 106 valence electrons. The van der Waals surface area contributed by atoms with E-state index in [1.165, 1.54) is 64.2 Å². The molecule has 3 heteroatoms. The topological polar surface area (TPSA) is 34.1 Å². The first-order chi connectivity index (χ1) is 7.91. The number of hydrogen-bond acceptors (Lipinski definition) is 2. The number of rotatable bonds is 9. The molecule has 0 N–H and O–H groups in total. The van der Waals surface area contributed by atoms with Crippen molar-refractivity contribution in [1.82, 2.24) is 0 Å². The van der Waals surface area contributed by atoms with E-state index in [-0.39, 0.29) is 0 Å². The first-order valence-electron chi connectivity index (χ1n) is 7.06. The second-order valence-electron chi connectivity index (χ2n) is 4.97. The van der Waals surface area contributed by atoms with Crippen molar-refractivity contribution < 1.29 is 8.42 Å². The van der Waals surface area contributed by atoms with Gasteiger partial charge in [0.1, 0.15) is 9.84 Å². The van der Waals surface area contributed by atoms with E-state index in [1.807, 2.05) is 0 Å². The average Bonchev–Trinajstić information content (AvgIpc) is 2.20. The fourth-order valence-corrected chi connectivity index (χ4v) is 1.56. The lowest BCUT2D eigenvalue weighted by Crippen LogP contribution is -1.86. The Labute approximate surface area is 109 Å². The summed E-state index contributed by atoms with van der Waals surface area (Å²) in [5.41, 5.74) is 0. The molecule has 0 rings (SSSR count). The van der Waals surface area contributed by atoms with Gasteiger partial charge in [0.15, 0.2) is 0 Å². The van der Waals surface area contributed by atoms with Gasteiger partial charge in [-0.05, 0) is 0 Å². The van der Waals surface area contributed by atoms with Crippen LogP contribution < -0.4 is 0 Å². The molecule has 0 aromatic rings. The lowest BCUT2D eigenvalue weighted by atomic mass is 10.1. The van der Waals surface area contributed by atoms with Crippen LogP contribution in [-0.2, 0) is 9.84 Å². The molecular weight excluding hydrogens is 232 g/mol. The zero-order valence-electron chi connectivity index (χ0n) is 12.3. The van der Waals surface area contributed by atoms with Crippen LogP contribution in [0.2, 0.25) is 0 Å². The Morgan fingerprint density at radius 1 is 0.588 bits per heavy atom. The predicted octanol–water partition coefficient (Wildman–Crippen LogP) is 4.59. The van der Waals surface area contributed by atoms with E-state index in [0.29, 0.717) is 0 Å². The Hall–Kier alpha value is -0.0500. The van der Waals surface area contributed by atoms with Crippen LogP contribution in [0.3, 0.4) is 0 Å². The minimum atomic E-state index is -2.67. The molecule has 2 nitrogen and oxygen atoms in total. The van der Waals surface area contributed by atoms with Crippen molar-refractivity contribution in [2.45, 2.75) is 78.1 Å². The minimum absolute atomic E-state index is 1.16. The molecule has 0 aliphatic carbocycles. The molecule has 0 aromatic carbocycles. The normalized spacial score (nSPS) is 10.8. The van der Waals surface area contributed by atoms with Gasteiger partial charge in [0, 0.05) is 12.5 Å². The molecule has 0 saturated heterocycles. The zero-order chi connectivity index (χ0) is 13.6. The van der Waals surface area contributed by atoms with E-state index in [1.54, 1.807) is 0 Å². The number of sulfone groups is 1. The van der Waals surface area contributed by atoms with Gasteiger partial charge >= 0.3 is 0 Å². The quantitative estimate of drug-likeness (QED) is 0.571. The highest BCUT2D eigenvalue weighted by atomic mass is 32.2. The molecule has 0 unspecified atom stereocenters. The number of unbranched alkanes of at least 4 members (excludes halogenated alkanes) is 9. The Balaban J connectivity index is 0. The van der Waals surface area contributed by atoms with E-state index >= 15 is 0 Å². The molecule has 0 bridgehead atoms. The summed E-state index contributed by atoms with van der Waals surface area (Å²) in [6.45, 7) is 4.56. The average molecular weight is 264 g/mol. The maximum absolute atomic E-state index is 9.63. The van der Waals surface area contributed by atoms with E-state index < -0.39 is 9.84 Å². The highest BCUT2D eigenvalue weighted by molar-refractivity contribution is 7.89. The Kier molecular flexibility index (Phi) is 15.9. The van der Waals surface area contributed by atoms with Crippen molar-refractivity contribution in [1.29, 1.82) is 0 Å². The summed E-state index contributed by atoms with van der Waals surface area (Å²) < 4.78 is 19.3. The van der Waals surface area contributed by atoms with Crippen molar-refractivity contribution in [3.8, 4) is 0 Å². The maximum atomic E-state index is 9.63. The maximum Gasteiger partial charge on any atom is 0.144 e. The van der Waals surface area contributed by atoms with E-state index in [9.17, 15) is 8.42 Å². The predicted molar refractivity (Wildman–Crippen MR) is 78.3 cm³/mol. The van der Waals surface area contributed by atoms with Gasteiger partial charge < -0.3 is 0 Å². The molecule has 0 fully saturated rings. The van der Waals surface area contributed by atoms with Gasteiger partial charge in [0.25, 0.3) is 0 Å². The van der Waals surface area contributed by atoms with E-state index in [2.05, 4.69) is 13.8 Å². The second kappa shape index (κ2) is 14.0. The smallest absolute Gasteiger partial charge is 0.144 e. The first-order valence-corrected chi connectivity index (χ1v) is 9.36. The highest BCUT2D eigenvalue weighted by Crippen LogP contribution is 2.09. The van der Waals surface area contributed by atoms with Crippen LogP contribution in [0.25, 0.3) is 0 Å². The summed E-state index contributed by atoms with van der Waals surface area (Å²) in [5, 5.41) is 0. The molecule has 17 heavy (non-hydrogen) atoms. The van der Waals surface area contributed by atoms with Gasteiger partial charge in [-0.3, -0.25) is 0 Å². The lowest BCUT2D eigenvalue weighted by Gasteiger charge is -1.99. The van der Waals surface area contributed by atoms with Crippen molar-refractivity contribution >= 4 is 9.84 Å². The van der Waals surface area contributed by atoms with Gasteiger partial charge in [0.05, 0.1) is 0 Å². The zero-order valence-corrected chi connectivity index (χ0v) is 13.1. The summed E-state index contributed by atoms with van der Waals surface area (Å²) in [6.07, 6.45) is 16.8. The summed E-state index contributed by atoms with van der Waals surface area (Å²) >= 11 is 0. The lowest BCUT2D eigenvalue weighted by molar-refractivity contribution is 0.562. The SMILES string of the molecule is CCCCCCCCCCCC.CS(C)(=O)=O. The third-order valence-corrected chi connectivity index (χ3v) is 2.46. The van der Waals surface area contributed by atoms with Gasteiger partial charge in [-0.15, -0.1) is 0 Å². The van der Waals surface area contributed by atoms with Gasteiger partial charge in [-0.25, -0.2) is 8.42 Å². The van der Waals surface area contributed by atoms with Crippen molar-refractivity contribution in [2.75, 3.05) is 12.5 Å². The van der Waals surface area contributed by atoms with E-state index in [4.69, 9.17) is 0 Å². The first kappa shape index (κ1) is 19.3. The Morgan fingerprint density at radius 2 is 0.765 bits per heavy atom. The molecular formula is C14H32O2S. The highest BCUT2D eigenvalue weighted by Gasteiger charge is 1.90. The van der Waals surface area contributed by atoms with Gasteiger partial charge in [-0.2, -0.15) is 0 Å². The van der Waals surface area contributed by atoms with Crippen molar-refractivity contribution in [3.63, 3.8) is 0 Å². The minimum Gasteiger partial charge on any atom is -0.229 e. The standard InChI is InChI=1S/C12H26.C2H6O2S/c1-3-5-7-9-11-12-10-8-6-4-2;1-5(2,3)4/h3-12H2,1-2H3;1-2H3. The van der Waals surface area contributed by atoms with Crippen LogP contribution in [-0.4, -0.2) is 20.9 Å². The molecule has 0 radical (unpaired) electrons. The van der Waals surface area contributed by atoms with Gasteiger partial charge in [0.2, 0.25) is 0 Å². The molecule has 0 aromatic heterocycles. The van der Waals surface area contributed by atoms with Crippen LogP contribution in [0.5, 0.6) is 0 Å². The van der Waals surface area contributed by atoms with Crippen LogP contribution >= 0.6 is 0 Å². The molecule has 0 atom stereocenters. The molecule has 0 aliphatic heterocycles. The molecule has 0 spiro atoms. The fraction of sp³-hybridized carbons (Fsp3) is 1.00. The number of hydrogen-bond donors (Lipinski definition) is 0. The van der Waals surface area contributed by atoms with Gasteiger partial charge in [-0.1, -0.05) is 78.1 Å². The van der Waals surface area contributed by atoms with E-state index in [0.717, 1.165) is 12.5 Å². The monoisotopic (exact) mass is 264 g/mol.